The van der Waals surface area contributed by atoms with E-state index >= 15 is 0 Å². The monoisotopic (exact) mass is 355 g/mol. The molecule has 0 amide bonds. The Kier molecular flexibility index (Phi) is 3.44. The maximum atomic E-state index is 9.23. The first-order valence-electron chi connectivity index (χ1n) is 8.85. The highest BCUT2D eigenvalue weighted by atomic mass is 15.3. The minimum absolute atomic E-state index is 0.152. The van der Waals surface area contributed by atoms with E-state index in [0.717, 1.165) is 41.4 Å². The lowest BCUT2D eigenvalue weighted by Crippen LogP contribution is -2.37. The van der Waals surface area contributed by atoms with Crippen molar-refractivity contribution < 1.29 is 0 Å². The van der Waals surface area contributed by atoms with Gasteiger partial charge in [-0.25, -0.2) is 14.5 Å². The Morgan fingerprint density at radius 2 is 2.19 bits per heavy atom. The standard InChI is InChI=1S/C20H17N7/c1-13-4-3-8-27-17(13)10-16(25-27)20-19-15(22-12-23-19)7-9-26(20)18-6-2-5-14(11-21)24-18/h2-6,8,10,12,20H,7,9H2,1H3,(H,22,23)/t20-/m0/s1. The van der Waals surface area contributed by atoms with Crippen LogP contribution in [0.3, 0.4) is 0 Å². The van der Waals surface area contributed by atoms with Crippen molar-refractivity contribution in [2.75, 3.05) is 11.4 Å². The predicted octanol–water partition coefficient (Wildman–Crippen LogP) is 2.78. The Balaban J connectivity index is 1.69. The fourth-order valence-electron chi connectivity index (χ4n) is 3.78. The largest absolute Gasteiger partial charge is 0.348 e. The Labute approximate surface area is 155 Å². The minimum atomic E-state index is -0.152. The predicted molar refractivity (Wildman–Crippen MR) is 100 cm³/mol. The molecule has 0 saturated carbocycles. The molecule has 132 valence electrons. The van der Waals surface area contributed by atoms with Crippen molar-refractivity contribution in [3.8, 4) is 6.07 Å². The molecule has 0 aliphatic carbocycles. The molecule has 4 aromatic heterocycles. The summed E-state index contributed by atoms with van der Waals surface area (Å²) in [6, 6.07) is 13.7. The second kappa shape index (κ2) is 5.95. The molecule has 4 aromatic rings. The molecular formula is C20H17N7. The zero-order valence-corrected chi connectivity index (χ0v) is 14.8. The van der Waals surface area contributed by atoms with Gasteiger partial charge < -0.3 is 9.88 Å². The quantitative estimate of drug-likeness (QED) is 0.597. The number of aromatic nitrogens is 5. The molecule has 27 heavy (non-hydrogen) atoms. The van der Waals surface area contributed by atoms with Crippen LogP contribution in [0.25, 0.3) is 5.52 Å². The zero-order chi connectivity index (χ0) is 18.4. The molecule has 1 atom stereocenters. The van der Waals surface area contributed by atoms with E-state index in [9.17, 15) is 5.26 Å². The number of pyridine rings is 2. The molecular weight excluding hydrogens is 338 g/mol. The lowest BCUT2D eigenvalue weighted by Gasteiger charge is -2.34. The highest BCUT2D eigenvalue weighted by Crippen LogP contribution is 2.36. The van der Waals surface area contributed by atoms with Crippen LogP contribution in [0, 0.1) is 18.3 Å². The molecule has 0 bridgehead atoms. The van der Waals surface area contributed by atoms with Crippen LogP contribution in [0.1, 0.15) is 34.4 Å². The second-order valence-corrected chi connectivity index (χ2v) is 6.70. The number of nitrogens with zero attached hydrogens (tertiary/aromatic N) is 6. The molecule has 0 aromatic carbocycles. The van der Waals surface area contributed by atoms with Gasteiger partial charge in [0, 0.05) is 24.9 Å². The normalized spacial score (nSPS) is 16.3. The lowest BCUT2D eigenvalue weighted by molar-refractivity contribution is 0.610. The Morgan fingerprint density at radius 3 is 3.04 bits per heavy atom. The van der Waals surface area contributed by atoms with Gasteiger partial charge in [0.1, 0.15) is 23.6 Å². The molecule has 0 fully saturated rings. The summed E-state index contributed by atoms with van der Waals surface area (Å²) in [5, 5.41) is 14.1. The van der Waals surface area contributed by atoms with E-state index < -0.39 is 0 Å². The smallest absolute Gasteiger partial charge is 0.142 e. The van der Waals surface area contributed by atoms with Crippen molar-refractivity contribution in [1.82, 2.24) is 24.6 Å². The molecule has 5 heterocycles. The number of hydrogen-bond donors (Lipinski definition) is 1. The fourth-order valence-corrected chi connectivity index (χ4v) is 3.78. The first kappa shape index (κ1) is 15.6. The van der Waals surface area contributed by atoms with Crippen molar-refractivity contribution in [2.45, 2.75) is 19.4 Å². The molecule has 1 aliphatic heterocycles. The van der Waals surface area contributed by atoms with E-state index in [1.807, 2.05) is 28.9 Å². The summed E-state index contributed by atoms with van der Waals surface area (Å²) >= 11 is 0. The number of rotatable bonds is 2. The topological polar surface area (TPSA) is 85.9 Å². The number of hydrogen-bond acceptors (Lipinski definition) is 5. The SMILES string of the molecule is Cc1cccn2nc([C@H]3c4nc[nH]c4CCN3c3cccc(C#N)n3)cc12. The number of anilines is 1. The summed E-state index contributed by atoms with van der Waals surface area (Å²) in [4.78, 5) is 14.5. The third-order valence-electron chi connectivity index (χ3n) is 5.08. The molecule has 0 saturated heterocycles. The van der Waals surface area contributed by atoms with Crippen LogP contribution in [-0.4, -0.2) is 31.1 Å². The van der Waals surface area contributed by atoms with E-state index in [4.69, 9.17) is 5.10 Å². The maximum absolute atomic E-state index is 9.23. The molecule has 1 aliphatic rings. The van der Waals surface area contributed by atoms with Crippen LogP contribution in [0.15, 0.2) is 48.9 Å². The van der Waals surface area contributed by atoms with Gasteiger partial charge in [0.25, 0.3) is 0 Å². The molecule has 0 unspecified atom stereocenters. The first-order valence-corrected chi connectivity index (χ1v) is 8.85. The van der Waals surface area contributed by atoms with E-state index in [1.54, 1.807) is 12.4 Å². The van der Waals surface area contributed by atoms with Gasteiger partial charge in [0.05, 0.1) is 23.2 Å². The summed E-state index contributed by atoms with van der Waals surface area (Å²) in [7, 11) is 0. The fraction of sp³-hybridized carbons (Fsp3) is 0.200. The molecule has 7 heteroatoms. The van der Waals surface area contributed by atoms with Gasteiger partial charge in [-0.3, -0.25) is 0 Å². The van der Waals surface area contributed by atoms with E-state index in [1.165, 1.54) is 5.56 Å². The third-order valence-corrected chi connectivity index (χ3v) is 5.08. The van der Waals surface area contributed by atoms with Crippen molar-refractivity contribution in [1.29, 1.82) is 5.26 Å². The maximum Gasteiger partial charge on any atom is 0.142 e. The Hall–Kier alpha value is -3.66. The van der Waals surface area contributed by atoms with Crippen LogP contribution in [0.5, 0.6) is 0 Å². The summed E-state index contributed by atoms with van der Waals surface area (Å²) < 4.78 is 1.91. The number of nitriles is 1. The summed E-state index contributed by atoms with van der Waals surface area (Å²) in [5.41, 5.74) is 5.67. The first-order chi connectivity index (χ1) is 13.2. The summed E-state index contributed by atoms with van der Waals surface area (Å²) in [6.07, 6.45) is 4.54. The second-order valence-electron chi connectivity index (χ2n) is 6.70. The van der Waals surface area contributed by atoms with Crippen molar-refractivity contribution in [3.05, 3.63) is 77.3 Å². The molecule has 0 radical (unpaired) electrons. The Morgan fingerprint density at radius 1 is 1.26 bits per heavy atom. The van der Waals surface area contributed by atoms with Gasteiger partial charge in [0.15, 0.2) is 0 Å². The average Bonchev–Trinajstić information content (AvgIpc) is 3.34. The van der Waals surface area contributed by atoms with E-state index in [-0.39, 0.29) is 6.04 Å². The number of imidazole rings is 1. The number of H-pyrrole nitrogens is 1. The molecule has 0 spiro atoms. The van der Waals surface area contributed by atoms with Crippen molar-refractivity contribution >= 4 is 11.3 Å². The van der Waals surface area contributed by atoms with Crippen LogP contribution in [0.4, 0.5) is 5.82 Å². The van der Waals surface area contributed by atoms with Gasteiger partial charge in [-0.2, -0.15) is 10.4 Å². The van der Waals surface area contributed by atoms with Crippen LogP contribution in [0.2, 0.25) is 0 Å². The van der Waals surface area contributed by atoms with Gasteiger partial charge in [-0.1, -0.05) is 12.1 Å². The molecule has 5 rings (SSSR count). The van der Waals surface area contributed by atoms with Crippen LogP contribution in [-0.2, 0) is 6.42 Å². The molecule has 1 N–H and O–H groups in total. The van der Waals surface area contributed by atoms with Crippen molar-refractivity contribution in [2.24, 2.45) is 0 Å². The number of aryl methyl sites for hydroxylation is 1. The van der Waals surface area contributed by atoms with Crippen molar-refractivity contribution in [3.63, 3.8) is 0 Å². The zero-order valence-electron chi connectivity index (χ0n) is 14.8. The number of fused-ring (bicyclic) bond motifs is 2. The summed E-state index contributed by atoms with van der Waals surface area (Å²) in [6.45, 7) is 2.85. The van der Waals surface area contributed by atoms with Gasteiger partial charge in [0.2, 0.25) is 0 Å². The number of aromatic amines is 1. The van der Waals surface area contributed by atoms with Gasteiger partial charge >= 0.3 is 0 Å². The lowest BCUT2D eigenvalue weighted by atomic mass is 9.99. The van der Waals surface area contributed by atoms with Crippen LogP contribution >= 0.6 is 0 Å². The number of nitrogens with one attached hydrogen (secondary N) is 1. The van der Waals surface area contributed by atoms with Gasteiger partial charge in [-0.15, -0.1) is 0 Å². The third kappa shape index (κ3) is 2.46. The van der Waals surface area contributed by atoms with E-state index in [2.05, 4.69) is 45.0 Å². The Bertz CT molecular complexity index is 1180. The van der Waals surface area contributed by atoms with E-state index in [0.29, 0.717) is 5.69 Å². The van der Waals surface area contributed by atoms with Crippen LogP contribution < -0.4 is 4.90 Å². The average molecular weight is 355 g/mol. The minimum Gasteiger partial charge on any atom is -0.348 e. The van der Waals surface area contributed by atoms with Gasteiger partial charge in [-0.05, 0) is 36.8 Å². The summed E-state index contributed by atoms with van der Waals surface area (Å²) in [5.74, 6) is 0.765. The molecule has 7 nitrogen and oxygen atoms in total. The highest BCUT2D eigenvalue weighted by molar-refractivity contribution is 5.58. The highest BCUT2D eigenvalue weighted by Gasteiger charge is 2.34.